The van der Waals surface area contributed by atoms with Crippen molar-refractivity contribution in [3.8, 4) is 0 Å². The van der Waals surface area contributed by atoms with E-state index in [0.717, 1.165) is 30.5 Å². The summed E-state index contributed by atoms with van der Waals surface area (Å²) in [6.07, 6.45) is 1.85. The van der Waals surface area contributed by atoms with Crippen LogP contribution in [0.4, 0.5) is 8.78 Å². The zero-order chi connectivity index (χ0) is 15.7. The van der Waals surface area contributed by atoms with Gasteiger partial charge in [0.1, 0.15) is 16.5 Å². The Hall–Kier alpha value is -1.79. The highest BCUT2D eigenvalue weighted by Crippen LogP contribution is 2.41. The van der Waals surface area contributed by atoms with E-state index in [-0.39, 0.29) is 5.92 Å². The van der Waals surface area contributed by atoms with Crippen LogP contribution in [-0.2, 0) is 10.0 Å². The summed E-state index contributed by atoms with van der Waals surface area (Å²) in [5.41, 5.74) is 0.844. The predicted molar refractivity (Wildman–Crippen MR) is 78.6 cm³/mol. The van der Waals surface area contributed by atoms with Gasteiger partial charge in [0.15, 0.2) is 0 Å². The van der Waals surface area contributed by atoms with Gasteiger partial charge in [0.05, 0.1) is 0 Å². The van der Waals surface area contributed by atoms with E-state index in [9.17, 15) is 17.2 Å². The molecule has 116 valence electrons. The van der Waals surface area contributed by atoms with Gasteiger partial charge < -0.3 is 0 Å². The van der Waals surface area contributed by atoms with Gasteiger partial charge in [-0.25, -0.2) is 21.9 Å². The topological polar surface area (TPSA) is 46.2 Å². The van der Waals surface area contributed by atoms with Crippen LogP contribution in [0.1, 0.15) is 24.4 Å². The van der Waals surface area contributed by atoms with E-state index < -0.39 is 32.6 Å². The fourth-order valence-electron chi connectivity index (χ4n) is 2.45. The van der Waals surface area contributed by atoms with Crippen molar-refractivity contribution >= 4 is 10.0 Å². The quantitative estimate of drug-likeness (QED) is 0.917. The lowest BCUT2D eigenvalue weighted by Gasteiger charge is -2.19. The summed E-state index contributed by atoms with van der Waals surface area (Å²) in [6, 6.07) is 11.3. The second-order valence-electron chi connectivity index (χ2n) is 5.42. The van der Waals surface area contributed by atoms with Gasteiger partial charge in [-0.3, -0.25) is 0 Å². The molecule has 0 aliphatic heterocycles. The molecule has 1 aliphatic rings. The third-order valence-corrected chi connectivity index (χ3v) is 5.19. The molecule has 0 radical (unpaired) electrons. The number of benzene rings is 2. The lowest BCUT2D eigenvalue weighted by molar-refractivity contribution is 0.515. The molecular weight excluding hydrogens is 308 g/mol. The number of sulfonamides is 1. The Kier molecular flexibility index (Phi) is 3.97. The Morgan fingerprint density at radius 2 is 1.73 bits per heavy atom. The minimum atomic E-state index is -4.05. The third kappa shape index (κ3) is 3.18. The van der Waals surface area contributed by atoms with Gasteiger partial charge in [0.25, 0.3) is 0 Å². The van der Waals surface area contributed by atoms with E-state index in [2.05, 4.69) is 4.72 Å². The van der Waals surface area contributed by atoms with Crippen LogP contribution < -0.4 is 4.72 Å². The van der Waals surface area contributed by atoms with Crippen LogP contribution >= 0.6 is 0 Å². The zero-order valence-electron chi connectivity index (χ0n) is 11.7. The summed E-state index contributed by atoms with van der Waals surface area (Å²) in [4.78, 5) is -0.532. The van der Waals surface area contributed by atoms with Crippen LogP contribution in [0.3, 0.4) is 0 Å². The first-order valence-electron chi connectivity index (χ1n) is 7.00. The van der Waals surface area contributed by atoms with Crippen LogP contribution in [0.5, 0.6) is 0 Å². The molecule has 1 saturated carbocycles. The highest BCUT2D eigenvalue weighted by atomic mass is 32.2. The van der Waals surface area contributed by atoms with Gasteiger partial charge in [0.2, 0.25) is 10.0 Å². The molecule has 0 unspecified atom stereocenters. The van der Waals surface area contributed by atoms with Crippen molar-refractivity contribution in [2.75, 3.05) is 0 Å². The SMILES string of the molecule is O=S(=O)(N[C@@H](c1ccccc1)C1CC1)c1ccc(F)cc1F. The summed E-state index contributed by atoms with van der Waals surface area (Å²) in [6.45, 7) is 0. The van der Waals surface area contributed by atoms with Crippen LogP contribution in [-0.4, -0.2) is 8.42 Å². The van der Waals surface area contributed by atoms with E-state index in [1.807, 2.05) is 30.3 Å². The van der Waals surface area contributed by atoms with Crippen LogP contribution in [0.25, 0.3) is 0 Å². The van der Waals surface area contributed by atoms with Gasteiger partial charge in [-0.15, -0.1) is 0 Å². The number of hydrogen-bond donors (Lipinski definition) is 1. The predicted octanol–water partition coefficient (Wildman–Crippen LogP) is 3.39. The molecule has 2 aromatic rings. The molecule has 0 spiro atoms. The van der Waals surface area contributed by atoms with Gasteiger partial charge in [-0.1, -0.05) is 30.3 Å². The smallest absolute Gasteiger partial charge is 0.207 e. The van der Waals surface area contributed by atoms with Crippen molar-refractivity contribution in [1.29, 1.82) is 0 Å². The Bertz CT molecular complexity index is 774. The monoisotopic (exact) mass is 323 g/mol. The Morgan fingerprint density at radius 3 is 2.32 bits per heavy atom. The van der Waals surface area contributed by atoms with E-state index in [1.54, 1.807) is 0 Å². The minimum Gasteiger partial charge on any atom is -0.207 e. The molecular formula is C16H15F2NO2S. The first kappa shape index (κ1) is 15.1. The molecule has 0 aromatic heterocycles. The first-order chi connectivity index (χ1) is 10.5. The summed E-state index contributed by atoms with van der Waals surface area (Å²) >= 11 is 0. The second kappa shape index (κ2) is 5.78. The fourth-order valence-corrected chi connectivity index (χ4v) is 3.80. The highest BCUT2D eigenvalue weighted by molar-refractivity contribution is 7.89. The van der Waals surface area contributed by atoms with E-state index in [4.69, 9.17) is 0 Å². The molecule has 1 atom stereocenters. The maximum absolute atomic E-state index is 13.8. The van der Waals surface area contributed by atoms with Gasteiger partial charge >= 0.3 is 0 Å². The average molecular weight is 323 g/mol. The molecule has 1 aliphatic carbocycles. The fraction of sp³-hybridized carbons (Fsp3) is 0.250. The zero-order valence-corrected chi connectivity index (χ0v) is 12.5. The number of halogens is 2. The summed E-state index contributed by atoms with van der Waals surface area (Å²) in [7, 11) is -4.05. The normalized spacial score (nSPS) is 16.5. The van der Waals surface area contributed by atoms with Crippen LogP contribution in [0.15, 0.2) is 53.4 Å². The molecule has 3 nitrogen and oxygen atoms in total. The van der Waals surface area contributed by atoms with E-state index >= 15 is 0 Å². The number of nitrogens with one attached hydrogen (secondary N) is 1. The molecule has 0 amide bonds. The maximum atomic E-state index is 13.8. The molecule has 3 rings (SSSR count). The van der Waals surface area contributed by atoms with Gasteiger partial charge in [-0.05, 0) is 36.5 Å². The van der Waals surface area contributed by atoms with Crippen molar-refractivity contribution < 1.29 is 17.2 Å². The lowest BCUT2D eigenvalue weighted by Crippen LogP contribution is -2.30. The molecule has 2 aromatic carbocycles. The maximum Gasteiger partial charge on any atom is 0.244 e. The molecule has 22 heavy (non-hydrogen) atoms. The standard InChI is InChI=1S/C16H15F2NO2S/c17-13-8-9-15(14(18)10-13)22(20,21)19-16(12-6-7-12)11-4-2-1-3-5-11/h1-5,8-10,12,16,19H,6-7H2/t16-/m0/s1. The third-order valence-electron chi connectivity index (χ3n) is 3.72. The van der Waals surface area contributed by atoms with Crippen molar-refractivity contribution in [3.05, 3.63) is 65.7 Å². The minimum absolute atomic E-state index is 0.209. The largest absolute Gasteiger partial charge is 0.244 e. The van der Waals surface area contributed by atoms with Crippen molar-refractivity contribution in [1.82, 2.24) is 4.72 Å². The number of rotatable bonds is 5. The molecule has 0 bridgehead atoms. The number of hydrogen-bond acceptors (Lipinski definition) is 2. The molecule has 1 N–H and O–H groups in total. The van der Waals surface area contributed by atoms with E-state index in [0.29, 0.717) is 6.07 Å². The first-order valence-corrected chi connectivity index (χ1v) is 8.48. The second-order valence-corrected chi connectivity index (χ2v) is 7.10. The molecule has 0 heterocycles. The Balaban J connectivity index is 1.92. The molecule has 0 saturated heterocycles. The average Bonchev–Trinajstić information content (AvgIpc) is 3.30. The lowest BCUT2D eigenvalue weighted by atomic mass is 10.0. The summed E-state index contributed by atoms with van der Waals surface area (Å²) in [5, 5.41) is 0. The Morgan fingerprint density at radius 1 is 1.05 bits per heavy atom. The van der Waals surface area contributed by atoms with Crippen LogP contribution in [0.2, 0.25) is 0 Å². The van der Waals surface area contributed by atoms with Crippen molar-refractivity contribution in [2.24, 2.45) is 5.92 Å². The van der Waals surface area contributed by atoms with E-state index in [1.165, 1.54) is 0 Å². The van der Waals surface area contributed by atoms with Gasteiger partial charge in [0, 0.05) is 12.1 Å². The summed E-state index contributed by atoms with van der Waals surface area (Å²) in [5.74, 6) is -1.69. The Labute approximate surface area is 128 Å². The molecule has 6 heteroatoms. The highest BCUT2D eigenvalue weighted by Gasteiger charge is 2.36. The van der Waals surface area contributed by atoms with Gasteiger partial charge in [-0.2, -0.15) is 0 Å². The van der Waals surface area contributed by atoms with Crippen LogP contribution in [0, 0.1) is 17.6 Å². The van der Waals surface area contributed by atoms with Crippen molar-refractivity contribution in [2.45, 2.75) is 23.8 Å². The van der Waals surface area contributed by atoms with Crippen molar-refractivity contribution in [3.63, 3.8) is 0 Å². The summed E-state index contributed by atoms with van der Waals surface area (Å²) < 4.78 is 54.1. The molecule has 1 fully saturated rings.